The van der Waals surface area contributed by atoms with Gasteiger partial charge in [0.05, 0.1) is 22.1 Å². The van der Waals surface area contributed by atoms with Gasteiger partial charge in [0.15, 0.2) is 0 Å². The molecule has 2 heterocycles. The van der Waals surface area contributed by atoms with Gasteiger partial charge in [0, 0.05) is 26.2 Å². The van der Waals surface area contributed by atoms with Crippen LogP contribution in [0.1, 0.15) is 10.5 Å². The average molecular weight is 400 g/mol. The smallest absolute Gasteiger partial charge is 0.274 e. The fourth-order valence-corrected chi connectivity index (χ4v) is 4.53. The van der Waals surface area contributed by atoms with E-state index >= 15 is 0 Å². The Morgan fingerprint density at radius 1 is 0.929 bits per heavy atom. The van der Waals surface area contributed by atoms with Crippen molar-refractivity contribution in [1.82, 2.24) is 19.2 Å². The largest absolute Gasteiger partial charge is 0.335 e. The first kappa shape index (κ1) is 18.5. The Bertz CT molecular complexity index is 1130. The van der Waals surface area contributed by atoms with Gasteiger partial charge >= 0.3 is 0 Å². The van der Waals surface area contributed by atoms with Gasteiger partial charge in [-0.15, -0.1) is 0 Å². The molecule has 0 atom stereocenters. The van der Waals surface area contributed by atoms with Crippen LogP contribution in [0.4, 0.5) is 4.39 Å². The number of piperazine rings is 1. The van der Waals surface area contributed by atoms with Crippen LogP contribution in [0.2, 0.25) is 0 Å². The van der Waals surface area contributed by atoms with E-state index in [0.717, 1.165) is 12.1 Å². The van der Waals surface area contributed by atoms with Crippen LogP contribution in [-0.2, 0) is 10.0 Å². The molecular weight excluding hydrogens is 383 g/mol. The van der Waals surface area contributed by atoms with Crippen molar-refractivity contribution in [2.75, 3.05) is 26.2 Å². The van der Waals surface area contributed by atoms with Crippen LogP contribution < -0.4 is 0 Å². The van der Waals surface area contributed by atoms with Crippen molar-refractivity contribution in [1.29, 1.82) is 0 Å². The van der Waals surface area contributed by atoms with Crippen LogP contribution in [-0.4, -0.2) is 59.7 Å². The van der Waals surface area contributed by atoms with Gasteiger partial charge in [-0.05, 0) is 36.4 Å². The second-order valence-electron chi connectivity index (χ2n) is 6.39. The third-order valence-corrected chi connectivity index (χ3v) is 6.56. The highest BCUT2D eigenvalue weighted by Gasteiger charge is 2.31. The predicted molar refractivity (Wildman–Crippen MR) is 101 cm³/mol. The van der Waals surface area contributed by atoms with E-state index in [1.165, 1.54) is 22.6 Å². The zero-order valence-electron chi connectivity index (χ0n) is 14.8. The minimum Gasteiger partial charge on any atom is -0.335 e. The number of para-hydroxylation sites is 2. The summed E-state index contributed by atoms with van der Waals surface area (Å²) in [6, 6.07) is 12.0. The van der Waals surface area contributed by atoms with Crippen LogP contribution in [0.3, 0.4) is 0 Å². The van der Waals surface area contributed by atoms with E-state index in [1.54, 1.807) is 11.0 Å². The molecule has 0 spiro atoms. The summed E-state index contributed by atoms with van der Waals surface area (Å²) in [6.07, 6.45) is 1.44. The molecule has 0 aliphatic carbocycles. The van der Waals surface area contributed by atoms with E-state index in [1.807, 2.05) is 18.2 Å². The lowest BCUT2D eigenvalue weighted by Crippen LogP contribution is -2.50. The topological polar surface area (TPSA) is 83.5 Å². The highest BCUT2D eigenvalue weighted by atomic mass is 32.2. The van der Waals surface area contributed by atoms with Crippen molar-refractivity contribution >= 4 is 27.0 Å². The summed E-state index contributed by atoms with van der Waals surface area (Å²) in [5.74, 6) is -0.775. The Hall–Kier alpha value is -2.91. The second kappa shape index (κ2) is 7.25. The van der Waals surface area contributed by atoms with Crippen molar-refractivity contribution in [2.45, 2.75) is 4.90 Å². The number of hydrogen-bond donors (Lipinski definition) is 0. The molecule has 4 rings (SSSR count). The zero-order chi connectivity index (χ0) is 19.7. The van der Waals surface area contributed by atoms with E-state index in [-0.39, 0.29) is 42.7 Å². The lowest BCUT2D eigenvalue weighted by atomic mass is 10.2. The Morgan fingerprint density at radius 3 is 2.25 bits per heavy atom. The van der Waals surface area contributed by atoms with Crippen LogP contribution in [0.5, 0.6) is 0 Å². The van der Waals surface area contributed by atoms with Gasteiger partial charge in [0.25, 0.3) is 5.91 Å². The molecule has 0 radical (unpaired) electrons. The van der Waals surface area contributed by atoms with Crippen LogP contribution in [0.25, 0.3) is 11.0 Å². The first-order valence-electron chi connectivity index (χ1n) is 8.72. The molecule has 9 heteroatoms. The molecule has 144 valence electrons. The van der Waals surface area contributed by atoms with Crippen molar-refractivity contribution in [2.24, 2.45) is 0 Å². The summed E-state index contributed by atoms with van der Waals surface area (Å²) in [7, 11) is -3.72. The normalized spacial score (nSPS) is 15.7. The number of nitrogens with zero attached hydrogens (tertiary/aromatic N) is 4. The number of carbonyl (C=O) groups is 1. The molecule has 1 amide bonds. The van der Waals surface area contributed by atoms with E-state index in [9.17, 15) is 17.6 Å². The van der Waals surface area contributed by atoms with Gasteiger partial charge in [0.1, 0.15) is 11.5 Å². The van der Waals surface area contributed by atoms with Gasteiger partial charge in [0.2, 0.25) is 10.0 Å². The van der Waals surface area contributed by atoms with Crippen molar-refractivity contribution in [3.63, 3.8) is 0 Å². The molecule has 3 aromatic rings. The van der Waals surface area contributed by atoms with Crippen LogP contribution in [0, 0.1) is 5.82 Å². The summed E-state index contributed by atoms with van der Waals surface area (Å²) >= 11 is 0. The number of rotatable bonds is 3. The molecule has 0 unspecified atom stereocenters. The molecule has 28 heavy (non-hydrogen) atoms. The van der Waals surface area contributed by atoms with Gasteiger partial charge in [-0.3, -0.25) is 9.78 Å². The number of aromatic nitrogens is 2. The average Bonchev–Trinajstić information content (AvgIpc) is 2.73. The highest BCUT2D eigenvalue weighted by Crippen LogP contribution is 2.19. The number of halogens is 1. The van der Waals surface area contributed by atoms with E-state index in [2.05, 4.69) is 9.97 Å². The third-order valence-electron chi connectivity index (χ3n) is 4.64. The second-order valence-corrected chi connectivity index (χ2v) is 8.33. The SMILES string of the molecule is O=C(c1cnc2ccccc2n1)N1CCN(S(=O)(=O)c2ccc(F)cc2)CC1. The van der Waals surface area contributed by atoms with Crippen LogP contribution in [0.15, 0.2) is 59.6 Å². The summed E-state index contributed by atoms with van der Waals surface area (Å²) in [5, 5.41) is 0. The first-order valence-corrected chi connectivity index (χ1v) is 10.2. The van der Waals surface area contributed by atoms with Gasteiger partial charge < -0.3 is 4.90 Å². The Kier molecular flexibility index (Phi) is 4.78. The molecule has 1 aliphatic heterocycles. The van der Waals surface area contributed by atoms with Crippen molar-refractivity contribution < 1.29 is 17.6 Å². The van der Waals surface area contributed by atoms with Crippen molar-refractivity contribution in [3.8, 4) is 0 Å². The maximum Gasteiger partial charge on any atom is 0.274 e. The van der Waals surface area contributed by atoms with Gasteiger partial charge in [-0.1, -0.05) is 12.1 Å². The lowest BCUT2D eigenvalue weighted by Gasteiger charge is -2.33. The summed E-state index contributed by atoms with van der Waals surface area (Å²) < 4.78 is 39.7. The molecule has 2 aromatic carbocycles. The molecule has 1 fully saturated rings. The van der Waals surface area contributed by atoms with E-state index in [0.29, 0.717) is 11.0 Å². The molecule has 0 bridgehead atoms. The number of amides is 1. The van der Waals surface area contributed by atoms with Gasteiger partial charge in [-0.25, -0.2) is 17.8 Å². The monoisotopic (exact) mass is 400 g/mol. The maximum atomic E-state index is 13.1. The molecule has 7 nitrogen and oxygen atoms in total. The fraction of sp³-hybridized carbons (Fsp3) is 0.211. The standard InChI is InChI=1S/C19H17FN4O3S/c20-14-5-7-15(8-6-14)28(26,27)24-11-9-23(10-12-24)19(25)18-13-21-16-3-1-2-4-17(16)22-18/h1-8,13H,9-12H2. The lowest BCUT2D eigenvalue weighted by molar-refractivity contribution is 0.0692. The number of fused-ring (bicyclic) bond motifs is 1. The zero-order valence-corrected chi connectivity index (χ0v) is 15.6. The number of benzene rings is 2. The quantitative estimate of drug-likeness (QED) is 0.671. The van der Waals surface area contributed by atoms with E-state index in [4.69, 9.17) is 0 Å². The number of hydrogen-bond acceptors (Lipinski definition) is 5. The Balaban J connectivity index is 1.47. The minimum absolute atomic E-state index is 0.0362. The fourth-order valence-electron chi connectivity index (χ4n) is 3.11. The molecule has 1 aliphatic rings. The minimum atomic E-state index is -3.72. The summed E-state index contributed by atoms with van der Waals surface area (Å²) in [6.45, 7) is 0.806. The number of sulfonamides is 1. The van der Waals surface area contributed by atoms with E-state index < -0.39 is 15.8 Å². The predicted octanol–water partition coefficient (Wildman–Crippen LogP) is 1.92. The molecule has 1 saturated heterocycles. The number of carbonyl (C=O) groups excluding carboxylic acids is 1. The Morgan fingerprint density at radius 2 is 1.57 bits per heavy atom. The molecule has 0 N–H and O–H groups in total. The first-order chi connectivity index (χ1) is 13.4. The summed E-state index contributed by atoms with van der Waals surface area (Å²) in [5.41, 5.74) is 1.56. The van der Waals surface area contributed by atoms with Crippen molar-refractivity contribution in [3.05, 3.63) is 66.2 Å². The van der Waals surface area contributed by atoms with Crippen LogP contribution >= 0.6 is 0 Å². The highest BCUT2D eigenvalue weighted by molar-refractivity contribution is 7.89. The molecule has 0 saturated carbocycles. The summed E-state index contributed by atoms with van der Waals surface area (Å²) in [4.78, 5) is 22.9. The molecule has 1 aromatic heterocycles. The maximum absolute atomic E-state index is 13.1. The van der Waals surface area contributed by atoms with Gasteiger partial charge in [-0.2, -0.15) is 4.31 Å². The third kappa shape index (κ3) is 3.46. The molecular formula is C19H17FN4O3S. The Labute approximate surface area is 161 Å².